The fraction of sp³-hybridized carbons (Fsp3) is 0.455. The van der Waals surface area contributed by atoms with Gasteiger partial charge in [-0.1, -0.05) is 12.7 Å². The third kappa shape index (κ3) is 7.49. The van der Waals surface area contributed by atoms with Gasteiger partial charge >= 0.3 is 6.09 Å². The summed E-state index contributed by atoms with van der Waals surface area (Å²) < 4.78 is 4.89. The summed E-state index contributed by atoms with van der Waals surface area (Å²) in [7, 11) is 0. The Morgan fingerprint density at radius 1 is 1.67 bits per heavy atom. The van der Waals surface area contributed by atoms with Crippen LogP contribution in [-0.2, 0) is 4.74 Å². The predicted molar refractivity (Wildman–Crippen MR) is 64.2 cm³/mol. The topological polar surface area (TPSA) is 50.7 Å². The number of nitrogens with zero attached hydrogens (tertiary/aromatic N) is 1. The highest BCUT2D eigenvalue weighted by Gasteiger charge is 2.03. The van der Waals surface area contributed by atoms with E-state index >= 15 is 0 Å². The Bertz CT molecular complexity index is 263. The molecule has 0 spiro atoms. The first-order valence-corrected chi connectivity index (χ1v) is 4.83. The van der Waals surface area contributed by atoms with Gasteiger partial charge in [-0.3, -0.25) is 4.99 Å². The van der Waals surface area contributed by atoms with Gasteiger partial charge in [-0.25, -0.2) is 4.79 Å². The number of amides is 1. The van der Waals surface area contributed by atoms with E-state index in [9.17, 15) is 4.79 Å². The average Bonchev–Trinajstić information content (AvgIpc) is 2.15. The molecule has 1 amide bonds. The van der Waals surface area contributed by atoms with Crippen LogP contribution in [0, 0.1) is 0 Å². The van der Waals surface area contributed by atoms with E-state index in [4.69, 9.17) is 4.74 Å². The van der Waals surface area contributed by atoms with E-state index < -0.39 is 6.09 Å². The summed E-state index contributed by atoms with van der Waals surface area (Å²) in [6, 6.07) is 0. The maximum Gasteiger partial charge on any atom is 0.407 e. The molecule has 0 aliphatic heterocycles. The minimum Gasteiger partial charge on any atom is -0.447 e. The predicted octanol–water partition coefficient (Wildman–Crippen LogP) is 2.53. The van der Waals surface area contributed by atoms with Gasteiger partial charge < -0.3 is 10.1 Å². The highest BCUT2D eigenvalue weighted by Crippen LogP contribution is 2.01. The SMILES string of the molecule is C=C/C=C(/CCNC(=O)OC(C)C)N=C.[HH]. The van der Waals surface area contributed by atoms with Gasteiger partial charge in [0.25, 0.3) is 0 Å². The van der Waals surface area contributed by atoms with Crippen molar-refractivity contribution in [3.05, 3.63) is 24.4 Å². The van der Waals surface area contributed by atoms with Gasteiger partial charge in [0.15, 0.2) is 0 Å². The van der Waals surface area contributed by atoms with Crippen molar-refractivity contribution in [3.63, 3.8) is 0 Å². The number of aliphatic imine (C=N–C) groups is 1. The molecule has 0 unspecified atom stereocenters. The van der Waals surface area contributed by atoms with Gasteiger partial charge in [-0.2, -0.15) is 0 Å². The number of alkyl carbamates (subject to hydrolysis) is 1. The number of carbonyl (C=O) groups is 1. The fourth-order valence-electron chi connectivity index (χ4n) is 0.900. The van der Waals surface area contributed by atoms with Crippen molar-refractivity contribution in [2.75, 3.05) is 6.54 Å². The number of hydrogen-bond donors (Lipinski definition) is 1. The molecule has 0 atom stereocenters. The molecule has 0 radical (unpaired) electrons. The van der Waals surface area contributed by atoms with Crippen LogP contribution in [0.25, 0.3) is 0 Å². The van der Waals surface area contributed by atoms with Crippen LogP contribution >= 0.6 is 0 Å². The molecule has 0 saturated carbocycles. The lowest BCUT2D eigenvalue weighted by molar-refractivity contribution is 0.116. The van der Waals surface area contributed by atoms with Crippen molar-refractivity contribution >= 4 is 12.8 Å². The van der Waals surface area contributed by atoms with Crippen molar-refractivity contribution in [3.8, 4) is 0 Å². The molecular weight excluding hydrogens is 192 g/mol. The van der Waals surface area contributed by atoms with Crippen LogP contribution in [0.3, 0.4) is 0 Å². The summed E-state index contributed by atoms with van der Waals surface area (Å²) >= 11 is 0. The van der Waals surface area contributed by atoms with Crippen molar-refractivity contribution in [2.24, 2.45) is 4.99 Å². The number of rotatable bonds is 6. The van der Waals surface area contributed by atoms with E-state index in [0.29, 0.717) is 13.0 Å². The van der Waals surface area contributed by atoms with Gasteiger partial charge in [0.2, 0.25) is 0 Å². The van der Waals surface area contributed by atoms with Crippen molar-refractivity contribution in [1.29, 1.82) is 0 Å². The molecule has 4 heteroatoms. The van der Waals surface area contributed by atoms with Gasteiger partial charge in [0, 0.05) is 20.1 Å². The second kappa shape index (κ2) is 7.79. The number of ether oxygens (including phenoxy) is 1. The summed E-state index contributed by atoms with van der Waals surface area (Å²) in [6.45, 7) is 11.0. The third-order valence-electron chi connectivity index (χ3n) is 1.51. The normalized spacial score (nSPS) is 11.0. The molecule has 86 valence electrons. The Morgan fingerprint density at radius 3 is 2.80 bits per heavy atom. The smallest absolute Gasteiger partial charge is 0.407 e. The summed E-state index contributed by atoms with van der Waals surface area (Å²) in [5.41, 5.74) is 0.787. The minimum atomic E-state index is -0.410. The first-order valence-electron chi connectivity index (χ1n) is 4.83. The molecule has 0 aromatic heterocycles. The Morgan fingerprint density at radius 2 is 2.33 bits per heavy atom. The zero-order valence-corrected chi connectivity index (χ0v) is 9.32. The van der Waals surface area contributed by atoms with Gasteiger partial charge in [0.05, 0.1) is 6.10 Å². The lowest BCUT2D eigenvalue weighted by atomic mass is 10.3. The Balaban J connectivity index is 0. The molecule has 0 heterocycles. The largest absolute Gasteiger partial charge is 0.447 e. The van der Waals surface area contributed by atoms with E-state index in [2.05, 4.69) is 23.6 Å². The van der Waals surface area contributed by atoms with E-state index in [0.717, 1.165) is 5.70 Å². The lowest BCUT2D eigenvalue weighted by Gasteiger charge is -2.09. The molecule has 0 saturated heterocycles. The zero-order valence-electron chi connectivity index (χ0n) is 9.32. The Kier molecular flexibility index (Phi) is 6.97. The van der Waals surface area contributed by atoms with Gasteiger partial charge in [-0.15, -0.1) is 0 Å². The minimum absolute atomic E-state index is 0. The molecule has 0 aliphatic rings. The van der Waals surface area contributed by atoms with E-state index in [-0.39, 0.29) is 7.53 Å². The molecule has 0 bridgehead atoms. The van der Waals surface area contributed by atoms with E-state index in [1.165, 1.54) is 0 Å². The highest BCUT2D eigenvalue weighted by atomic mass is 16.6. The summed E-state index contributed by atoms with van der Waals surface area (Å²) in [6.07, 6.45) is 3.49. The van der Waals surface area contributed by atoms with Crippen LogP contribution in [-0.4, -0.2) is 25.5 Å². The van der Waals surface area contributed by atoms with Crippen LogP contribution in [0.1, 0.15) is 21.7 Å². The quantitative estimate of drug-likeness (QED) is 0.543. The highest BCUT2D eigenvalue weighted by molar-refractivity contribution is 5.67. The first-order chi connectivity index (χ1) is 7.10. The average molecular weight is 212 g/mol. The van der Waals surface area contributed by atoms with Gasteiger partial charge in [-0.05, 0) is 26.6 Å². The summed E-state index contributed by atoms with van der Waals surface area (Å²) in [5, 5.41) is 2.61. The molecule has 0 rings (SSSR count). The Labute approximate surface area is 92.2 Å². The zero-order chi connectivity index (χ0) is 11.7. The Hall–Kier alpha value is -1.58. The number of nitrogens with one attached hydrogen (secondary N) is 1. The molecule has 15 heavy (non-hydrogen) atoms. The maximum atomic E-state index is 11.1. The van der Waals surface area contributed by atoms with Gasteiger partial charge in [0.1, 0.15) is 0 Å². The first kappa shape index (κ1) is 13.4. The lowest BCUT2D eigenvalue weighted by Crippen LogP contribution is -2.27. The standard InChI is InChI=1S/C11H18N2O2.H2/c1-5-6-10(12-4)7-8-13-11(14)15-9(2)3;/h5-6,9H,1,4,7-8H2,2-3H3,(H,13,14);1H/b10-6-;. The van der Waals surface area contributed by atoms with Crippen molar-refractivity contribution in [1.82, 2.24) is 5.32 Å². The number of allylic oxidation sites excluding steroid dienone is 2. The van der Waals surface area contributed by atoms with E-state index in [1.54, 1.807) is 26.0 Å². The number of carbonyl (C=O) groups excluding carboxylic acids is 1. The molecule has 4 nitrogen and oxygen atoms in total. The molecular formula is C11H20N2O2. The van der Waals surface area contributed by atoms with Crippen LogP contribution in [0.4, 0.5) is 4.79 Å². The second-order valence-corrected chi connectivity index (χ2v) is 3.18. The molecule has 0 aromatic rings. The van der Waals surface area contributed by atoms with Crippen LogP contribution in [0.5, 0.6) is 0 Å². The van der Waals surface area contributed by atoms with Crippen LogP contribution in [0.2, 0.25) is 0 Å². The molecule has 1 N–H and O–H groups in total. The summed E-state index contributed by atoms with van der Waals surface area (Å²) in [5.74, 6) is 0. The van der Waals surface area contributed by atoms with Crippen molar-refractivity contribution in [2.45, 2.75) is 26.4 Å². The fourth-order valence-corrected chi connectivity index (χ4v) is 0.900. The molecule has 0 aromatic carbocycles. The summed E-state index contributed by atoms with van der Waals surface area (Å²) in [4.78, 5) is 14.8. The van der Waals surface area contributed by atoms with Crippen LogP contribution < -0.4 is 5.32 Å². The monoisotopic (exact) mass is 212 g/mol. The van der Waals surface area contributed by atoms with Crippen LogP contribution in [0.15, 0.2) is 29.4 Å². The number of hydrogen-bond acceptors (Lipinski definition) is 3. The molecule has 0 aliphatic carbocycles. The van der Waals surface area contributed by atoms with Crippen molar-refractivity contribution < 1.29 is 11.0 Å². The van der Waals surface area contributed by atoms with E-state index in [1.807, 2.05) is 0 Å². The second-order valence-electron chi connectivity index (χ2n) is 3.18. The maximum absolute atomic E-state index is 11.1. The third-order valence-corrected chi connectivity index (χ3v) is 1.51. The molecule has 0 fully saturated rings.